The van der Waals surface area contributed by atoms with Crippen LogP contribution in [0.2, 0.25) is 10.0 Å². The Hall–Kier alpha value is -1.02. The molecular weight excluding hydrogens is 265 g/mol. The van der Waals surface area contributed by atoms with Crippen molar-refractivity contribution in [1.82, 2.24) is 0 Å². The first-order valence-corrected chi connectivity index (χ1v) is 6.60. The van der Waals surface area contributed by atoms with Gasteiger partial charge in [0.25, 0.3) is 0 Å². The number of hydrogen-bond acceptors (Lipinski definition) is 1. The van der Waals surface area contributed by atoms with Crippen molar-refractivity contribution in [2.75, 3.05) is 0 Å². The lowest BCUT2D eigenvalue weighted by molar-refractivity contribution is 0.598. The second kappa shape index (κ2) is 5.75. The highest BCUT2D eigenvalue weighted by atomic mass is 35.5. The predicted molar refractivity (Wildman–Crippen MR) is 78.2 cm³/mol. The molecule has 2 N–H and O–H groups in total. The van der Waals surface area contributed by atoms with Crippen LogP contribution < -0.4 is 5.73 Å². The SMILES string of the molecule is CC(c1ccccc1)C(N)c1cc(Cl)ccc1Cl. The van der Waals surface area contributed by atoms with E-state index in [1.165, 1.54) is 5.56 Å². The van der Waals surface area contributed by atoms with E-state index < -0.39 is 0 Å². The summed E-state index contributed by atoms with van der Waals surface area (Å²) in [7, 11) is 0. The van der Waals surface area contributed by atoms with Crippen LogP contribution >= 0.6 is 23.2 Å². The summed E-state index contributed by atoms with van der Waals surface area (Å²) < 4.78 is 0. The number of rotatable bonds is 3. The van der Waals surface area contributed by atoms with Gasteiger partial charge in [0, 0.05) is 22.0 Å². The second-order valence-corrected chi connectivity index (χ2v) is 5.23. The molecule has 2 aromatic rings. The van der Waals surface area contributed by atoms with Gasteiger partial charge in [-0.25, -0.2) is 0 Å². The summed E-state index contributed by atoms with van der Waals surface area (Å²) in [5.41, 5.74) is 8.38. The summed E-state index contributed by atoms with van der Waals surface area (Å²) in [4.78, 5) is 0. The summed E-state index contributed by atoms with van der Waals surface area (Å²) in [6.07, 6.45) is 0. The molecule has 2 unspecified atom stereocenters. The van der Waals surface area contributed by atoms with E-state index in [4.69, 9.17) is 28.9 Å². The quantitative estimate of drug-likeness (QED) is 0.858. The van der Waals surface area contributed by atoms with Crippen LogP contribution in [0.15, 0.2) is 48.5 Å². The topological polar surface area (TPSA) is 26.0 Å². The number of halogens is 2. The van der Waals surface area contributed by atoms with Crippen molar-refractivity contribution in [1.29, 1.82) is 0 Å². The number of benzene rings is 2. The Morgan fingerprint density at radius 3 is 2.33 bits per heavy atom. The average Bonchev–Trinajstić information content (AvgIpc) is 2.41. The molecule has 0 heterocycles. The van der Waals surface area contributed by atoms with E-state index in [9.17, 15) is 0 Å². The summed E-state index contributed by atoms with van der Waals surface area (Å²) in [6, 6.07) is 15.4. The zero-order chi connectivity index (χ0) is 13.1. The van der Waals surface area contributed by atoms with Crippen molar-refractivity contribution >= 4 is 23.2 Å². The summed E-state index contributed by atoms with van der Waals surface area (Å²) in [6.45, 7) is 2.09. The number of nitrogens with two attached hydrogens (primary N) is 1. The van der Waals surface area contributed by atoms with E-state index in [1.54, 1.807) is 12.1 Å². The van der Waals surface area contributed by atoms with Crippen molar-refractivity contribution in [3.05, 3.63) is 69.7 Å². The Morgan fingerprint density at radius 2 is 1.67 bits per heavy atom. The molecule has 2 aromatic carbocycles. The lowest BCUT2D eigenvalue weighted by atomic mass is 9.89. The highest BCUT2D eigenvalue weighted by molar-refractivity contribution is 6.33. The third-order valence-corrected chi connectivity index (χ3v) is 3.76. The summed E-state index contributed by atoms with van der Waals surface area (Å²) >= 11 is 12.2. The smallest absolute Gasteiger partial charge is 0.0454 e. The minimum Gasteiger partial charge on any atom is -0.323 e. The van der Waals surface area contributed by atoms with Crippen molar-refractivity contribution in [2.45, 2.75) is 18.9 Å². The Balaban J connectivity index is 2.31. The molecule has 0 saturated carbocycles. The molecule has 1 nitrogen and oxygen atoms in total. The van der Waals surface area contributed by atoms with Crippen LogP contribution in [-0.2, 0) is 0 Å². The van der Waals surface area contributed by atoms with E-state index in [2.05, 4.69) is 19.1 Å². The molecule has 2 rings (SSSR count). The molecule has 0 spiro atoms. The maximum absolute atomic E-state index is 6.30. The monoisotopic (exact) mass is 279 g/mol. The zero-order valence-corrected chi connectivity index (χ0v) is 11.6. The van der Waals surface area contributed by atoms with Gasteiger partial charge in [-0.3, -0.25) is 0 Å². The minimum atomic E-state index is -0.168. The molecule has 18 heavy (non-hydrogen) atoms. The first kappa shape index (κ1) is 13.4. The fourth-order valence-corrected chi connectivity index (χ4v) is 2.43. The lowest BCUT2D eigenvalue weighted by Crippen LogP contribution is -2.18. The number of hydrogen-bond donors (Lipinski definition) is 1. The standard InChI is InChI=1S/C15H15Cl2N/c1-10(11-5-3-2-4-6-11)15(18)13-9-12(16)7-8-14(13)17/h2-10,15H,18H2,1H3. The molecular formula is C15H15Cl2N. The van der Waals surface area contributed by atoms with Gasteiger partial charge < -0.3 is 5.73 Å². The van der Waals surface area contributed by atoms with E-state index >= 15 is 0 Å². The van der Waals surface area contributed by atoms with E-state index in [0.717, 1.165) is 5.56 Å². The van der Waals surface area contributed by atoms with Gasteiger partial charge in [-0.2, -0.15) is 0 Å². The molecule has 0 saturated heterocycles. The molecule has 0 aliphatic rings. The van der Waals surface area contributed by atoms with Crippen LogP contribution in [0.25, 0.3) is 0 Å². The van der Waals surface area contributed by atoms with Gasteiger partial charge in [-0.15, -0.1) is 0 Å². The molecule has 2 atom stereocenters. The van der Waals surface area contributed by atoms with Crippen LogP contribution in [0.4, 0.5) is 0 Å². The fourth-order valence-electron chi connectivity index (χ4n) is 2.00. The van der Waals surface area contributed by atoms with Gasteiger partial charge in [0.2, 0.25) is 0 Å². The first-order valence-electron chi connectivity index (χ1n) is 5.85. The Labute approximate surface area is 118 Å². The van der Waals surface area contributed by atoms with Gasteiger partial charge in [0.15, 0.2) is 0 Å². The molecule has 0 aromatic heterocycles. The molecule has 0 bridgehead atoms. The van der Waals surface area contributed by atoms with E-state index in [0.29, 0.717) is 10.0 Å². The van der Waals surface area contributed by atoms with Crippen molar-refractivity contribution < 1.29 is 0 Å². The van der Waals surface area contributed by atoms with Crippen LogP contribution in [0.5, 0.6) is 0 Å². The average molecular weight is 280 g/mol. The van der Waals surface area contributed by atoms with Crippen molar-refractivity contribution in [3.8, 4) is 0 Å². The largest absolute Gasteiger partial charge is 0.323 e. The van der Waals surface area contributed by atoms with Crippen LogP contribution in [0.1, 0.15) is 30.0 Å². The first-order chi connectivity index (χ1) is 8.59. The highest BCUT2D eigenvalue weighted by Gasteiger charge is 2.19. The third-order valence-electron chi connectivity index (χ3n) is 3.18. The van der Waals surface area contributed by atoms with Gasteiger partial charge >= 0.3 is 0 Å². The van der Waals surface area contributed by atoms with Crippen LogP contribution in [-0.4, -0.2) is 0 Å². The molecule has 0 aliphatic carbocycles. The molecule has 0 radical (unpaired) electrons. The summed E-state index contributed by atoms with van der Waals surface area (Å²) in [5.74, 6) is 0.183. The Morgan fingerprint density at radius 1 is 1.00 bits per heavy atom. The van der Waals surface area contributed by atoms with Crippen LogP contribution in [0, 0.1) is 0 Å². The van der Waals surface area contributed by atoms with E-state index in [-0.39, 0.29) is 12.0 Å². The summed E-state index contributed by atoms with van der Waals surface area (Å²) in [5, 5.41) is 1.32. The van der Waals surface area contributed by atoms with Gasteiger partial charge in [-0.1, -0.05) is 60.5 Å². The van der Waals surface area contributed by atoms with Crippen LogP contribution in [0.3, 0.4) is 0 Å². The van der Waals surface area contributed by atoms with Gasteiger partial charge in [0.1, 0.15) is 0 Å². The molecule has 0 amide bonds. The third kappa shape index (κ3) is 2.86. The Kier molecular flexibility index (Phi) is 4.28. The lowest BCUT2D eigenvalue weighted by Gasteiger charge is -2.22. The highest BCUT2D eigenvalue weighted by Crippen LogP contribution is 2.33. The normalized spacial score (nSPS) is 14.2. The Bertz CT molecular complexity index is 525. The second-order valence-electron chi connectivity index (χ2n) is 4.39. The molecule has 94 valence electrons. The maximum Gasteiger partial charge on any atom is 0.0454 e. The zero-order valence-electron chi connectivity index (χ0n) is 10.1. The molecule has 0 fully saturated rings. The maximum atomic E-state index is 6.30. The predicted octanol–water partition coefficient (Wildman–Crippen LogP) is 4.80. The van der Waals surface area contributed by atoms with E-state index in [1.807, 2.05) is 24.3 Å². The van der Waals surface area contributed by atoms with Crippen molar-refractivity contribution in [3.63, 3.8) is 0 Å². The fraction of sp³-hybridized carbons (Fsp3) is 0.200. The van der Waals surface area contributed by atoms with Crippen molar-refractivity contribution in [2.24, 2.45) is 5.73 Å². The van der Waals surface area contributed by atoms with Gasteiger partial charge in [-0.05, 0) is 29.3 Å². The van der Waals surface area contributed by atoms with Gasteiger partial charge in [0.05, 0.1) is 0 Å². The minimum absolute atomic E-state index is 0.168. The molecule has 3 heteroatoms. The molecule has 0 aliphatic heterocycles.